The molecule has 6 nitrogen and oxygen atoms in total. The molecule has 0 aliphatic heterocycles. The monoisotopic (exact) mass is 259 g/mol. The van der Waals surface area contributed by atoms with Crippen molar-refractivity contribution < 1.29 is 24.2 Å². The maximum atomic E-state index is 11.4. The smallest absolute Gasteiger partial charge is 0.412 e. The lowest BCUT2D eigenvalue weighted by atomic mass is 10.2. The van der Waals surface area contributed by atoms with Gasteiger partial charge in [0.15, 0.2) is 0 Å². The van der Waals surface area contributed by atoms with E-state index in [1.165, 1.54) is 6.08 Å². The van der Waals surface area contributed by atoms with Gasteiger partial charge in [-0.15, -0.1) is 0 Å². The van der Waals surface area contributed by atoms with Crippen LogP contribution < -0.4 is 5.32 Å². The van der Waals surface area contributed by atoms with Gasteiger partial charge in [0.1, 0.15) is 11.3 Å². The predicted octanol–water partition coefficient (Wildman–Crippen LogP) is 1.90. The normalized spacial score (nSPS) is 13.9. The van der Waals surface area contributed by atoms with Gasteiger partial charge in [0.25, 0.3) is 0 Å². The Morgan fingerprint density at radius 3 is 2.33 bits per heavy atom. The fourth-order valence-electron chi connectivity index (χ4n) is 1.13. The van der Waals surface area contributed by atoms with E-state index in [1.807, 2.05) is 0 Å². The Labute approximate surface area is 107 Å². The number of carboxylic acid groups (broad SMARTS) is 1. The van der Waals surface area contributed by atoms with E-state index >= 15 is 0 Å². The Kier molecular flexibility index (Phi) is 6.40. The summed E-state index contributed by atoms with van der Waals surface area (Å²) >= 11 is 0. The van der Waals surface area contributed by atoms with Crippen LogP contribution in [-0.4, -0.2) is 35.5 Å². The molecular weight excluding hydrogens is 238 g/mol. The number of amides is 1. The molecule has 0 aliphatic rings. The maximum absolute atomic E-state index is 11.4. The third kappa shape index (κ3) is 7.67. The highest BCUT2D eigenvalue weighted by molar-refractivity contribution is 5.90. The van der Waals surface area contributed by atoms with E-state index in [1.54, 1.807) is 34.6 Å². The fourth-order valence-corrected chi connectivity index (χ4v) is 1.13. The second kappa shape index (κ2) is 7.00. The number of carbonyl (C=O) groups excluding carboxylic acids is 1. The molecule has 1 atom stereocenters. The first-order valence-electron chi connectivity index (χ1n) is 5.72. The van der Waals surface area contributed by atoms with Crippen molar-refractivity contribution in [2.75, 3.05) is 6.61 Å². The number of carbonyl (C=O) groups is 2. The minimum Gasteiger partial charge on any atom is -0.477 e. The Hall–Kier alpha value is -1.56. The number of aliphatic carboxylic acids is 1. The summed E-state index contributed by atoms with van der Waals surface area (Å²) in [4.78, 5) is 22.4. The first kappa shape index (κ1) is 16.4. The molecule has 0 fully saturated rings. The minimum absolute atomic E-state index is 0.259. The van der Waals surface area contributed by atoms with Crippen molar-refractivity contribution >= 4 is 12.1 Å². The summed E-state index contributed by atoms with van der Waals surface area (Å²) in [6.45, 7) is 9.02. The van der Waals surface area contributed by atoms with Gasteiger partial charge in [-0.3, -0.25) is 5.32 Å². The van der Waals surface area contributed by atoms with Gasteiger partial charge < -0.3 is 14.6 Å². The van der Waals surface area contributed by atoms with Gasteiger partial charge in [0.2, 0.25) is 0 Å². The average molecular weight is 259 g/mol. The van der Waals surface area contributed by atoms with Crippen molar-refractivity contribution in [3.63, 3.8) is 0 Å². The van der Waals surface area contributed by atoms with Gasteiger partial charge in [0.05, 0.1) is 6.10 Å². The number of ether oxygens (including phenoxy) is 2. The Balaban J connectivity index is 4.64. The average Bonchev–Trinajstić information content (AvgIpc) is 2.13. The lowest BCUT2D eigenvalue weighted by molar-refractivity contribution is -0.133. The first-order chi connectivity index (χ1) is 8.15. The summed E-state index contributed by atoms with van der Waals surface area (Å²) in [5, 5.41) is 11.1. The Morgan fingerprint density at radius 1 is 1.39 bits per heavy atom. The Bertz CT molecular complexity index is 330. The van der Waals surface area contributed by atoms with Gasteiger partial charge >= 0.3 is 12.1 Å². The molecule has 0 aromatic carbocycles. The SMILES string of the molecule is CCOC(C)C=C(NC(=O)OC(C)(C)C)C(=O)O. The summed E-state index contributed by atoms with van der Waals surface area (Å²) in [5.41, 5.74) is -0.940. The van der Waals surface area contributed by atoms with E-state index in [0.29, 0.717) is 6.61 Å². The molecule has 0 saturated carbocycles. The van der Waals surface area contributed by atoms with Crippen LogP contribution in [0.5, 0.6) is 0 Å². The Morgan fingerprint density at radius 2 is 1.94 bits per heavy atom. The minimum atomic E-state index is -1.24. The van der Waals surface area contributed by atoms with Crippen LogP contribution >= 0.6 is 0 Å². The molecule has 0 aromatic heterocycles. The van der Waals surface area contributed by atoms with E-state index in [2.05, 4.69) is 5.32 Å². The van der Waals surface area contributed by atoms with E-state index < -0.39 is 23.8 Å². The first-order valence-corrected chi connectivity index (χ1v) is 5.72. The highest BCUT2D eigenvalue weighted by Gasteiger charge is 2.19. The van der Waals surface area contributed by atoms with Crippen LogP contribution in [0.4, 0.5) is 4.79 Å². The highest BCUT2D eigenvalue weighted by Crippen LogP contribution is 2.07. The molecule has 0 saturated heterocycles. The molecule has 18 heavy (non-hydrogen) atoms. The number of carboxylic acids is 1. The molecule has 1 amide bonds. The van der Waals surface area contributed by atoms with Crippen LogP contribution in [-0.2, 0) is 14.3 Å². The zero-order valence-electron chi connectivity index (χ0n) is 11.4. The van der Waals surface area contributed by atoms with Gasteiger partial charge in [-0.1, -0.05) is 0 Å². The zero-order chi connectivity index (χ0) is 14.3. The highest BCUT2D eigenvalue weighted by atomic mass is 16.6. The second-order valence-corrected chi connectivity index (χ2v) is 4.67. The topological polar surface area (TPSA) is 84.9 Å². The molecule has 0 heterocycles. The molecule has 0 aliphatic carbocycles. The van der Waals surface area contributed by atoms with E-state index in [0.717, 1.165) is 0 Å². The van der Waals surface area contributed by atoms with Gasteiger partial charge in [0, 0.05) is 6.61 Å². The van der Waals surface area contributed by atoms with Crippen LogP contribution in [0.25, 0.3) is 0 Å². The molecular formula is C12H21NO5. The van der Waals surface area contributed by atoms with Crippen molar-refractivity contribution in [2.24, 2.45) is 0 Å². The zero-order valence-corrected chi connectivity index (χ0v) is 11.4. The summed E-state index contributed by atoms with van der Waals surface area (Å²) in [7, 11) is 0. The van der Waals surface area contributed by atoms with Gasteiger partial charge in [-0.05, 0) is 40.7 Å². The van der Waals surface area contributed by atoms with E-state index in [9.17, 15) is 9.59 Å². The van der Waals surface area contributed by atoms with Crippen LogP contribution in [0.1, 0.15) is 34.6 Å². The van der Waals surface area contributed by atoms with Gasteiger partial charge in [-0.25, -0.2) is 9.59 Å². The summed E-state index contributed by atoms with van der Waals surface area (Å²) in [6.07, 6.45) is 0.103. The molecule has 0 bridgehead atoms. The van der Waals surface area contributed by atoms with Crippen LogP contribution in [0.3, 0.4) is 0 Å². The molecule has 0 spiro atoms. The number of rotatable bonds is 5. The molecule has 104 valence electrons. The van der Waals surface area contributed by atoms with E-state index in [4.69, 9.17) is 14.6 Å². The lowest BCUT2D eigenvalue weighted by Gasteiger charge is -2.20. The fraction of sp³-hybridized carbons (Fsp3) is 0.667. The van der Waals surface area contributed by atoms with Crippen molar-refractivity contribution in [2.45, 2.75) is 46.3 Å². The maximum Gasteiger partial charge on any atom is 0.412 e. The van der Waals surface area contributed by atoms with Crippen LogP contribution in [0, 0.1) is 0 Å². The second-order valence-electron chi connectivity index (χ2n) is 4.67. The van der Waals surface area contributed by atoms with Crippen LogP contribution in [0.2, 0.25) is 0 Å². The molecule has 0 rings (SSSR count). The largest absolute Gasteiger partial charge is 0.477 e. The molecule has 2 N–H and O–H groups in total. The molecule has 6 heteroatoms. The van der Waals surface area contributed by atoms with Crippen molar-refractivity contribution in [1.29, 1.82) is 0 Å². The summed E-state index contributed by atoms with van der Waals surface area (Å²) in [5.74, 6) is -1.24. The lowest BCUT2D eigenvalue weighted by Crippen LogP contribution is -2.34. The number of hydrogen-bond acceptors (Lipinski definition) is 4. The quantitative estimate of drug-likeness (QED) is 0.737. The van der Waals surface area contributed by atoms with Crippen molar-refractivity contribution in [3.05, 3.63) is 11.8 Å². The third-order valence-electron chi connectivity index (χ3n) is 1.70. The summed E-state index contributed by atoms with van der Waals surface area (Å²) < 4.78 is 10.1. The summed E-state index contributed by atoms with van der Waals surface area (Å²) in [6, 6.07) is 0. The molecule has 1 unspecified atom stereocenters. The molecule has 0 radical (unpaired) electrons. The molecule has 0 aromatic rings. The number of nitrogens with one attached hydrogen (secondary N) is 1. The third-order valence-corrected chi connectivity index (χ3v) is 1.70. The van der Waals surface area contributed by atoms with E-state index in [-0.39, 0.29) is 5.70 Å². The number of hydrogen-bond donors (Lipinski definition) is 2. The predicted molar refractivity (Wildman–Crippen MR) is 66.2 cm³/mol. The van der Waals surface area contributed by atoms with Crippen molar-refractivity contribution in [3.8, 4) is 0 Å². The standard InChI is InChI=1S/C12H21NO5/c1-6-17-8(2)7-9(10(14)15)13-11(16)18-12(3,4)5/h7-8H,6H2,1-5H3,(H,13,16)(H,14,15). The van der Waals surface area contributed by atoms with Crippen molar-refractivity contribution in [1.82, 2.24) is 5.32 Å². The van der Waals surface area contributed by atoms with Crippen LogP contribution in [0.15, 0.2) is 11.8 Å². The number of alkyl carbamates (subject to hydrolysis) is 1. The van der Waals surface area contributed by atoms with Gasteiger partial charge in [-0.2, -0.15) is 0 Å².